The van der Waals surface area contributed by atoms with Crippen LogP contribution in [0.5, 0.6) is 17.2 Å². The Bertz CT molecular complexity index is 698. The highest BCUT2D eigenvalue weighted by molar-refractivity contribution is 9.10. The van der Waals surface area contributed by atoms with Crippen molar-refractivity contribution in [3.63, 3.8) is 0 Å². The van der Waals surface area contributed by atoms with E-state index in [9.17, 15) is 4.79 Å². The molecular weight excluding hydrogens is 360 g/mol. The van der Waals surface area contributed by atoms with Crippen LogP contribution in [0.4, 0.5) is 0 Å². The van der Waals surface area contributed by atoms with Gasteiger partial charge in [-0.2, -0.15) is 0 Å². The average Bonchev–Trinajstić information content (AvgIpc) is 2.53. The van der Waals surface area contributed by atoms with Crippen molar-refractivity contribution in [2.75, 3.05) is 20.3 Å². The molecule has 0 fully saturated rings. The standard InChI is InChI=1S/C18H19BrO4/c1-12-4-5-16(13(2)8-12)22-6-7-23-18-15(19)9-14(11-20)10-17(18)21-3/h4-5,8-11H,6-7H2,1-3H3. The van der Waals surface area contributed by atoms with Crippen molar-refractivity contribution in [2.45, 2.75) is 13.8 Å². The predicted molar refractivity (Wildman–Crippen MR) is 93.0 cm³/mol. The number of methoxy groups -OCH3 is 1. The number of carbonyl (C=O) groups is 1. The van der Waals surface area contributed by atoms with Crippen LogP contribution in [0, 0.1) is 13.8 Å². The lowest BCUT2D eigenvalue weighted by atomic mass is 10.1. The maximum atomic E-state index is 10.9. The van der Waals surface area contributed by atoms with Crippen LogP contribution in [0.2, 0.25) is 0 Å². The van der Waals surface area contributed by atoms with Crippen molar-refractivity contribution in [2.24, 2.45) is 0 Å². The summed E-state index contributed by atoms with van der Waals surface area (Å²) in [5.41, 5.74) is 2.82. The van der Waals surface area contributed by atoms with E-state index in [0.717, 1.165) is 17.6 Å². The molecule has 0 aliphatic heterocycles. The molecule has 0 saturated carbocycles. The SMILES string of the molecule is COc1cc(C=O)cc(Br)c1OCCOc1ccc(C)cc1C. The second kappa shape index (κ2) is 8.02. The largest absolute Gasteiger partial charge is 0.493 e. The lowest BCUT2D eigenvalue weighted by Crippen LogP contribution is -2.10. The third kappa shape index (κ3) is 4.48. The van der Waals surface area contributed by atoms with Gasteiger partial charge in [-0.25, -0.2) is 0 Å². The highest BCUT2D eigenvalue weighted by Crippen LogP contribution is 2.36. The van der Waals surface area contributed by atoms with Crippen molar-refractivity contribution in [1.29, 1.82) is 0 Å². The van der Waals surface area contributed by atoms with E-state index >= 15 is 0 Å². The Morgan fingerprint density at radius 1 is 1.04 bits per heavy atom. The third-order valence-corrected chi connectivity index (χ3v) is 3.89. The molecule has 0 spiro atoms. The number of ether oxygens (including phenoxy) is 3. The first kappa shape index (κ1) is 17.3. The maximum Gasteiger partial charge on any atom is 0.175 e. The second-order valence-corrected chi connectivity index (χ2v) is 5.97. The van der Waals surface area contributed by atoms with E-state index < -0.39 is 0 Å². The number of hydrogen-bond acceptors (Lipinski definition) is 4. The lowest BCUT2D eigenvalue weighted by molar-refractivity contribution is 0.112. The Hall–Kier alpha value is -2.01. The van der Waals surface area contributed by atoms with Crippen molar-refractivity contribution in [3.8, 4) is 17.2 Å². The number of carbonyl (C=O) groups excluding carboxylic acids is 1. The molecule has 0 heterocycles. The number of rotatable bonds is 7. The minimum Gasteiger partial charge on any atom is -0.493 e. The molecule has 0 aromatic heterocycles. The predicted octanol–water partition coefficient (Wildman–Crippen LogP) is 4.34. The van der Waals surface area contributed by atoms with E-state index in [4.69, 9.17) is 14.2 Å². The third-order valence-electron chi connectivity index (χ3n) is 3.31. The molecule has 2 aromatic carbocycles. The van der Waals surface area contributed by atoms with Crippen molar-refractivity contribution >= 4 is 22.2 Å². The van der Waals surface area contributed by atoms with E-state index in [1.54, 1.807) is 12.1 Å². The molecule has 122 valence electrons. The first-order valence-electron chi connectivity index (χ1n) is 7.20. The smallest absolute Gasteiger partial charge is 0.175 e. The highest BCUT2D eigenvalue weighted by atomic mass is 79.9. The molecule has 0 atom stereocenters. The zero-order chi connectivity index (χ0) is 16.8. The van der Waals surface area contributed by atoms with Crippen LogP contribution in [0.15, 0.2) is 34.8 Å². The van der Waals surface area contributed by atoms with E-state index in [1.165, 1.54) is 12.7 Å². The van der Waals surface area contributed by atoms with Gasteiger partial charge in [0.05, 0.1) is 11.6 Å². The summed E-state index contributed by atoms with van der Waals surface area (Å²) >= 11 is 3.39. The van der Waals surface area contributed by atoms with Crippen LogP contribution >= 0.6 is 15.9 Å². The molecule has 0 N–H and O–H groups in total. The zero-order valence-corrected chi connectivity index (χ0v) is 15.0. The van der Waals surface area contributed by atoms with E-state index in [2.05, 4.69) is 22.0 Å². The van der Waals surface area contributed by atoms with Gasteiger partial charge in [-0.1, -0.05) is 17.7 Å². The summed E-state index contributed by atoms with van der Waals surface area (Å²) in [5, 5.41) is 0. The van der Waals surface area contributed by atoms with Gasteiger partial charge in [0.15, 0.2) is 11.5 Å². The minimum absolute atomic E-state index is 0.364. The first-order valence-corrected chi connectivity index (χ1v) is 8.00. The van der Waals surface area contributed by atoms with Crippen LogP contribution in [0.1, 0.15) is 21.5 Å². The molecule has 0 bridgehead atoms. The molecular formula is C18H19BrO4. The molecule has 2 rings (SSSR count). The summed E-state index contributed by atoms with van der Waals surface area (Å²) in [7, 11) is 1.54. The van der Waals surface area contributed by atoms with Gasteiger partial charge in [0.25, 0.3) is 0 Å². The van der Waals surface area contributed by atoms with E-state index in [-0.39, 0.29) is 0 Å². The van der Waals surface area contributed by atoms with Gasteiger partial charge in [-0.3, -0.25) is 4.79 Å². The minimum atomic E-state index is 0.364. The topological polar surface area (TPSA) is 44.8 Å². The number of halogens is 1. The maximum absolute atomic E-state index is 10.9. The van der Waals surface area contributed by atoms with E-state index in [0.29, 0.717) is 34.7 Å². The van der Waals surface area contributed by atoms with E-state index in [1.807, 2.05) is 26.0 Å². The summed E-state index contributed by atoms with van der Waals surface area (Å²) in [6.07, 6.45) is 0.764. The molecule has 0 unspecified atom stereocenters. The Morgan fingerprint density at radius 2 is 1.78 bits per heavy atom. The van der Waals surface area contributed by atoms with Crippen molar-refractivity contribution in [1.82, 2.24) is 0 Å². The summed E-state index contributed by atoms with van der Waals surface area (Å²) < 4.78 is 17.4. The van der Waals surface area contributed by atoms with Gasteiger partial charge in [0.2, 0.25) is 0 Å². The quantitative estimate of drug-likeness (QED) is 0.530. The van der Waals surface area contributed by atoms with Gasteiger partial charge >= 0.3 is 0 Å². The van der Waals surface area contributed by atoms with Crippen molar-refractivity contribution < 1.29 is 19.0 Å². The molecule has 0 saturated heterocycles. The summed E-state index contributed by atoms with van der Waals surface area (Å²) in [6.45, 7) is 4.84. The van der Waals surface area contributed by atoms with Crippen LogP contribution in [-0.2, 0) is 0 Å². The zero-order valence-electron chi connectivity index (χ0n) is 13.4. The summed E-state index contributed by atoms with van der Waals surface area (Å²) in [6, 6.07) is 9.38. The highest BCUT2D eigenvalue weighted by Gasteiger charge is 2.11. The van der Waals surface area contributed by atoms with Crippen molar-refractivity contribution in [3.05, 3.63) is 51.5 Å². The molecule has 2 aromatic rings. The van der Waals surface area contributed by atoms with Gasteiger partial charge in [-0.15, -0.1) is 0 Å². The molecule has 4 nitrogen and oxygen atoms in total. The first-order chi connectivity index (χ1) is 11.0. The number of benzene rings is 2. The number of aryl methyl sites for hydroxylation is 2. The molecule has 0 radical (unpaired) electrons. The Labute approximate surface area is 144 Å². The number of aldehydes is 1. The van der Waals surface area contributed by atoms with Crippen LogP contribution in [0.25, 0.3) is 0 Å². The molecule has 23 heavy (non-hydrogen) atoms. The fraction of sp³-hybridized carbons (Fsp3) is 0.278. The van der Waals surface area contributed by atoms with Crippen LogP contribution in [-0.4, -0.2) is 26.6 Å². The fourth-order valence-corrected chi connectivity index (χ4v) is 2.78. The molecule has 0 amide bonds. The molecule has 0 aliphatic carbocycles. The van der Waals surface area contributed by atoms with Gasteiger partial charge in [0, 0.05) is 5.56 Å². The Balaban J connectivity index is 1.97. The molecule has 5 heteroatoms. The van der Waals surface area contributed by atoms with Crippen LogP contribution < -0.4 is 14.2 Å². The van der Waals surface area contributed by atoms with Gasteiger partial charge in [0.1, 0.15) is 25.2 Å². The number of hydrogen-bond donors (Lipinski definition) is 0. The molecule has 0 aliphatic rings. The summed E-state index contributed by atoms with van der Waals surface area (Å²) in [5.74, 6) is 1.91. The fourth-order valence-electron chi connectivity index (χ4n) is 2.20. The summed E-state index contributed by atoms with van der Waals surface area (Å²) in [4.78, 5) is 10.9. The lowest BCUT2D eigenvalue weighted by Gasteiger charge is -2.14. The normalized spacial score (nSPS) is 10.3. The van der Waals surface area contributed by atoms with Gasteiger partial charge < -0.3 is 14.2 Å². The Morgan fingerprint density at radius 3 is 2.43 bits per heavy atom. The Kier molecular flexibility index (Phi) is 6.04. The monoisotopic (exact) mass is 378 g/mol. The van der Waals surface area contributed by atoms with Gasteiger partial charge in [-0.05, 0) is 53.5 Å². The van der Waals surface area contributed by atoms with Crippen LogP contribution in [0.3, 0.4) is 0 Å². The second-order valence-electron chi connectivity index (χ2n) is 5.12. The average molecular weight is 379 g/mol.